The maximum atomic E-state index is 13.6. The van der Waals surface area contributed by atoms with E-state index < -0.39 is 36.3 Å². The topological polar surface area (TPSA) is 147 Å². The number of amides is 1. The van der Waals surface area contributed by atoms with Gasteiger partial charge < -0.3 is 25.6 Å². The van der Waals surface area contributed by atoms with Crippen molar-refractivity contribution in [3.05, 3.63) is 30.6 Å². The number of carbonyl (C=O) groups is 1. The molecular weight excluding hydrogens is 385 g/mol. The summed E-state index contributed by atoms with van der Waals surface area (Å²) >= 11 is 0. The van der Waals surface area contributed by atoms with Crippen molar-refractivity contribution in [2.75, 3.05) is 19.4 Å². The third kappa shape index (κ3) is 3.16. The molecule has 0 spiro atoms. The molecule has 11 nitrogen and oxygen atoms in total. The van der Waals surface area contributed by atoms with E-state index in [2.05, 4.69) is 30.6 Å². The Labute approximate surface area is 163 Å². The van der Waals surface area contributed by atoms with Gasteiger partial charge in [0.2, 0.25) is 0 Å². The van der Waals surface area contributed by atoms with Crippen LogP contribution in [0, 0.1) is 5.82 Å². The van der Waals surface area contributed by atoms with Crippen LogP contribution in [-0.4, -0.2) is 73.0 Å². The molecular formula is C17H18FN7O4. The van der Waals surface area contributed by atoms with Gasteiger partial charge in [0.1, 0.15) is 18.0 Å². The first-order valence-electron chi connectivity index (χ1n) is 8.71. The summed E-state index contributed by atoms with van der Waals surface area (Å²) in [7, 11) is 3.04. The first-order valence-corrected chi connectivity index (χ1v) is 8.71. The van der Waals surface area contributed by atoms with Gasteiger partial charge in [-0.05, 0) is 6.07 Å². The van der Waals surface area contributed by atoms with Crippen molar-refractivity contribution in [2.45, 2.75) is 24.5 Å². The number of anilines is 1. The van der Waals surface area contributed by atoms with Crippen molar-refractivity contribution < 1.29 is 24.1 Å². The van der Waals surface area contributed by atoms with E-state index in [0.29, 0.717) is 16.9 Å². The Kier molecular flexibility index (Phi) is 4.82. The van der Waals surface area contributed by atoms with Gasteiger partial charge in [-0.1, -0.05) is 0 Å². The number of ether oxygens (including phenoxy) is 1. The highest BCUT2D eigenvalue weighted by Crippen LogP contribution is 2.33. The van der Waals surface area contributed by atoms with Crippen LogP contribution >= 0.6 is 0 Å². The highest BCUT2D eigenvalue weighted by atomic mass is 19.1. The lowest BCUT2D eigenvalue weighted by molar-refractivity contribution is -0.137. The molecule has 4 N–H and O–H groups in total. The van der Waals surface area contributed by atoms with Gasteiger partial charge in [-0.15, -0.1) is 0 Å². The maximum Gasteiger partial charge on any atom is 0.251 e. The Morgan fingerprint density at radius 1 is 1.24 bits per heavy atom. The van der Waals surface area contributed by atoms with Gasteiger partial charge in [0, 0.05) is 25.9 Å². The minimum absolute atomic E-state index is 0.173. The van der Waals surface area contributed by atoms with Gasteiger partial charge >= 0.3 is 0 Å². The Morgan fingerprint density at radius 2 is 2.03 bits per heavy atom. The second-order valence-electron chi connectivity index (χ2n) is 6.40. The van der Waals surface area contributed by atoms with E-state index >= 15 is 0 Å². The lowest BCUT2D eigenvalue weighted by atomic mass is 10.1. The average Bonchev–Trinajstić information content (AvgIpc) is 3.28. The minimum atomic E-state index is -1.44. The number of nitrogens with zero attached hydrogens (tertiary/aromatic N) is 5. The highest BCUT2D eigenvalue weighted by molar-refractivity contribution is 5.85. The van der Waals surface area contributed by atoms with Crippen LogP contribution in [0.1, 0.15) is 6.23 Å². The largest absolute Gasteiger partial charge is 0.387 e. The SMILES string of the molecule is CNC(=O)C1OC(n2cnc3c(NC)nc(-c4cncc(F)c4)nc32)C(O)C1O. The van der Waals surface area contributed by atoms with Crippen molar-refractivity contribution in [1.82, 2.24) is 29.8 Å². The fraction of sp³-hybridized carbons (Fsp3) is 0.353. The molecule has 4 heterocycles. The van der Waals surface area contributed by atoms with Gasteiger partial charge in [0.25, 0.3) is 5.91 Å². The van der Waals surface area contributed by atoms with Crippen LogP contribution in [0.25, 0.3) is 22.6 Å². The summed E-state index contributed by atoms with van der Waals surface area (Å²) in [4.78, 5) is 28.7. The number of nitrogens with one attached hydrogen (secondary N) is 2. The molecule has 12 heteroatoms. The summed E-state index contributed by atoms with van der Waals surface area (Å²) in [5, 5.41) is 25.9. The molecule has 29 heavy (non-hydrogen) atoms. The zero-order valence-electron chi connectivity index (χ0n) is 15.4. The smallest absolute Gasteiger partial charge is 0.251 e. The molecule has 1 saturated heterocycles. The van der Waals surface area contributed by atoms with Gasteiger partial charge in [-0.2, -0.15) is 0 Å². The van der Waals surface area contributed by atoms with E-state index in [4.69, 9.17) is 4.74 Å². The third-order valence-corrected chi connectivity index (χ3v) is 4.64. The second-order valence-corrected chi connectivity index (χ2v) is 6.40. The van der Waals surface area contributed by atoms with Crippen LogP contribution in [0.15, 0.2) is 24.8 Å². The molecule has 4 atom stereocenters. The molecule has 0 aromatic carbocycles. The van der Waals surface area contributed by atoms with Crippen molar-refractivity contribution in [3.63, 3.8) is 0 Å². The zero-order chi connectivity index (χ0) is 20.7. The zero-order valence-corrected chi connectivity index (χ0v) is 15.4. The van der Waals surface area contributed by atoms with Crippen molar-refractivity contribution in [1.29, 1.82) is 0 Å². The summed E-state index contributed by atoms with van der Waals surface area (Å²) < 4.78 is 20.6. The number of halogens is 1. The number of aliphatic hydroxyl groups is 2. The molecule has 1 fully saturated rings. The van der Waals surface area contributed by atoms with Crippen LogP contribution in [0.2, 0.25) is 0 Å². The number of aliphatic hydroxyl groups excluding tert-OH is 2. The number of pyridine rings is 1. The van der Waals surface area contributed by atoms with Crippen LogP contribution in [0.5, 0.6) is 0 Å². The van der Waals surface area contributed by atoms with E-state index in [0.717, 1.165) is 6.20 Å². The molecule has 4 rings (SSSR count). The number of carbonyl (C=O) groups excluding carboxylic acids is 1. The van der Waals surface area contributed by atoms with Gasteiger partial charge in [0.05, 0.1) is 12.5 Å². The number of likely N-dealkylation sites (N-methyl/N-ethyl adjacent to an activating group) is 1. The Morgan fingerprint density at radius 3 is 2.72 bits per heavy atom. The molecule has 0 bridgehead atoms. The molecule has 0 radical (unpaired) electrons. The van der Waals surface area contributed by atoms with Gasteiger partial charge in [-0.3, -0.25) is 14.3 Å². The van der Waals surface area contributed by atoms with Crippen molar-refractivity contribution in [3.8, 4) is 11.4 Å². The van der Waals surface area contributed by atoms with Crippen LogP contribution in [-0.2, 0) is 9.53 Å². The fourth-order valence-corrected chi connectivity index (χ4v) is 3.19. The average molecular weight is 403 g/mol. The Bertz CT molecular complexity index is 1080. The van der Waals surface area contributed by atoms with E-state index in [1.807, 2.05) is 0 Å². The Balaban J connectivity index is 1.82. The predicted octanol–water partition coefficient (Wildman–Crippen LogP) is -0.566. The molecule has 0 saturated carbocycles. The van der Waals surface area contributed by atoms with Gasteiger partial charge in [-0.25, -0.2) is 19.3 Å². The molecule has 1 amide bonds. The second kappa shape index (κ2) is 7.31. The summed E-state index contributed by atoms with van der Waals surface area (Å²) in [6, 6.07) is 1.24. The maximum absolute atomic E-state index is 13.6. The monoisotopic (exact) mass is 403 g/mol. The number of rotatable bonds is 4. The summed E-state index contributed by atoms with van der Waals surface area (Å²) in [6.07, 6.45) is -1.37. The molecule has 1 aliphatic rings. The number of imidazole rings is 1. The number of hydrogen-bond donors (Lipinski definition) is 4. The lowest BCUT2D eigenvalue weighted by Gasteiger charge is -2.17. The van der Waals surface area contributed by atoms with Crippen molar-refractivity contribution >= 4 is 22.9 Å². The van der Waals surface area contributed by atoms with Crippen LogP contribution < -0.4 is 10.6 Å². The first kappa shape index (κ1) is 19.1. The number of hydrogen-bond acceptors (Lipinski definition) is 9. The molecule has 4 unspecified atom stereocenters. The first-order chi connectivity index (χ1) is 13.9. The summed E-state index contributed by atoms with van der Waals surface area (Å²) in [6.45, 7) is 0. The van der Waals surface area contributed by atoms with E-state index in [1.165, 1.54) is 30.2 Å². The standard InChI is InChI=1S/C17H18FN7O4/c1-19-14-9-15(24-13(23-14)7-3-8(18)5-21-4-7)25(6-22-9)17-11(27)10(26)12(29-17)16(28)20-2/h3-6,10-12,17,26-27H,1-2H3,(H,20,28)(H,19,23,24). The normalized spacial score (nSPS) is 24.0. The molecule has 3 aromatic heterocycles. The lowest BCUT2D eigenvalue weighted by Crippen LogP contribution is -2.41. The van der Waals surface area contributed by atoms with Crippen LogP contribution in [0.3, 0.4) is 0 Å². The molecule has 152 valence electrons. The fourth-order valence-electron chi connectivity index (χ4n) is 3.19. The predicted molar refractivity (Wildman–Crippen MR) is 98.0 cm³/mol. The van der Waals surface area contributed by atoms with Crippen LogP contribution in [0.4, 0.5) is 10.2 Å². The quantitative estimate of drug-likeness (QED) is 0.450. The van der Waals surface area contributed by atoms with Crippen molar-refractivity contribution in [2.24, 2.45) is 0 Å². The number of aromatic nitrogens is 5. The third-order valence-electron chi connectivity index (χ3n) is 4.64. The Hall–Kier alpha value is -3.22. The number of fused-ring (bicyclic) bond motifs is 1. The van der Waals surface area contributed by atoms with E-state index in [9.17, 15) is 19.4 Å². The minimum Gasteiger partial charge on any atom is -0.387 e. The summed E-state index contributed by atoms with van der Waals surface area (Å²) in [5.41, 5.74) is 0.971. The van der Waals surface area contributed by atoms with E-state index in [-0.39, 0.29) is 11.5 Å². The van der Waals surface area contributed by atoms with Gasteiger partial charge in [0.15, 0.2) is 35.1 Å². The van der Waals surface area contributed by atoms with E-state index in [1.54, 1.807) is 7.05 Å². The molecule has 1 aliphatic heterocycles. The molecule has 0 aliphatic carbocycles. The summed E-state index contributed by atoms with van der Waals surface area (Å²) in [5.74, 6) is -0.576. The highest BCUT2D eigenvalue weighted by Gasteiger charge is 2.47. The molecule has 3 aromatic rings.